The summed E-state index contributed by atoms with van der Waals surface area (Å²) in [6.07, 6.45) is 6.85. The number of aliphatic hydroxyl groups excluding tert-OH is 2. The highest BCUT2D eigenvalue weighted by Crippen LogP contribution is 2.27. The topological polar surface area (TPSA) is 93.1 Å². The monoisotopic (exact) mass is 628 g/mol. The first-order chi connectivity index (χ1) is 22.8. The molecule has 0 amide bonds. The number of carbonyl (C=O) groups excluding carboxylic acids is 2. The lowest BCUT2D eigenvalue weighted by molar-refractivity contribution is -0.131. The van der Waals surface area contributed by atoms with Crippen LogP contribution in [-0.4, -0.2) is 35.4 Å². The molecule has 0 atom stereocenters. The fraction of sp³-hybridized carbons (Fsp3) is 0.220. The number of rotatable bonds is 14. The number of hydrogen-bond acceptors (Lipinski definition) is 6. The van der Waals surface area contributed by atoms with Crippen molar-refractivity contribution < 1.29 is 29.3 Å². The highest BCUT2D eigenvalue weighted by atomic mass is 16.5. The van der Waals surface area contributed by atoms with E-state index in [9.17, 15) is 9.59 Å². The van der Waals surface area contributed by atoms with E-state index in [1.807, 2.05) is 48.5 Å². The molecule has 0 aliphatic carbocycles. The molecule has 2 N–H and O–H groups in total. The zero-order valence-corrected chi connectivity index (χ0v) is 26.8. The Labute approximate surface area is 277 Å². The lowest BCUT2D eigenvalue weighted by atomic mass is 9.95. The second kappa shape index (κ2) is 17.5. The van der Waals surface area contributed by atoms with Crippen molar-refractivity contribution in [2.75, 3.05) is 13.2 Å². The van der Waals surface area contributed by atoms with Crippen LogP contribution in [0.5, 0.6) is 11.5 Å². The Kier molecular flexibility index (Phi) is 12.9. The highest BCUT2D eigenvalue weighted by Gasteiger charge is 2.11. The Morgan fingerprint density at radius 2 is 1.09 bits per heavy atom. The lowest BCUT2D eigenvalue weighted by Gasteiger charge is -2.10. The van der Waals surface area contributed by atoms with Gasteiger partial charge < -0.3 is 19.7 Å². The molecule has 4 rings (SSSR count). The molecular weight excluding hydrogens is 588 g/mol. The molecule has 47 heavy (non-hydrogen) atoms. The van der Waals surface area contributed by atoms with Crippen molar-refractivity contribution in [3.8, 4) is 45.6 Å². The summed E-state index contributed by atoms with van der Waals surface area (Å²) in [6, 6.07) is 28.8. The highest BCUT2D eigenvalue weighted by molar-refractivity contribution is 5.90. The largest absolute Gasteiger partial charge is 0.423 e. The summed E-state index contributed by atoms with van der Waals surface area (Å²) in [5, 5.41) is 18.1. The molecule has 240 valence electrons. The molecule has 6 nitrogen and oxygen atoms in total. The Bertz CT molecular complexity index is 1750. The number of hydrogen-bond donors (Lipinski definition) is 2. The molecule has 4 aromatic rings. The quantitative estimate of drug-likeness (QED) is 0.0486. The number of ether oxygens (including phenoxy) is 2. The second-order valence-electron chi connectivity index (χ2n) is 11.2. The average Bonchev–Trinajstić information content (AvgIpc) is 3.11. The van der Waals surface area contributed by atoms with Gasteiger partial charge in [-0.1, -0.05) is 100 Å². The number of esters is 2. The molecule has 0 saturated heterocycles. The minimum atomic E-state index is -0.654. The molecule has 0 aliphatic heterocycles. The Morgan fingerprint density at radius 1 is 0.617 bits per heavy atom. The van der Waals surface area contributed by atoms with Gasteiger partial charge in [-0.25, -0.2) is 9.59 Å². The number of benzene rings is 4. The van der Waals surface area contributed by atoms with Crippen molar-refractivity contribution in [3.05, 3.63) is 132 Å². The lowest BCUT2D eigenvalue weighted by Crippen LogP contribution is -2.12. The van der Waals surface area contributed by atoms with Gasteiger partial charge in [0.1, 0.15) is 11.5 Å². The maximum atomic E-state index is 11.9. The summed E-state index contributed by atoms with van der Waals surface area (Å²) in [7, 11) is 0. The van der Waals surface area contributed by atoms with Crippen molar-refractivity contribution in [2.24, 2.45) is 0 Å². The van der Waals surface area contributed by atoms with E-state index in [4.69, 9.17) is 19.7 Å². The van der Waals surface area contributed by atoms with Gasteiger partial charge in [-0.2, -0.15) is 0 Å². The summed E-state index contributed by atoms with van der Waals surface area (Å²) >= 11 is 0. The third-order valence-electron chi connectivity index (χ3n) is 7.64. The molecule has 0 unspecified atom stereocenters. The van der Waals surface area contributed by atoms with Gasteiger partial charge in [-0.15, -0.1) is 0 Å². The van der Waals surface area contributed by atoms with Crippen LogP contribution in [0.15, 0.2) is 115 Å². The maximum Gasteiger partial charge on any atom is 0.341 e. The van der Waals surface area contributed by atoms with E-state index < -0.39 is 25.2 Å². The van der Waals surface area contributed by atoms with Crippen molar-refractivity contribution in [3.63, 3.8) is 0 Å². The Morgan fingerprint density at radius 3 is 1.60 bits per heavy atom. The second-order valence-corrected chi connectivity index (χ2v) is 11.2. The van der Waals surface area contributed by atoms with Gasteiger partial charge in [0.25, 0.3) is 0 Å². The molecule has 0 heterocycles. The van der Waals surface area contributed by atoms with Crippen LogP contribution in [-0.2, 0) is 16.0 Å². The zero-order valence-electron chi connectivity index (χ0n) is 26.8. The molecular formula is C41H40O6. The van der Waals surface area contributed by atoms with Crippen LogP contribution < -0.4 is 9.47 Å². The van der Waals surface area contributed by atoms with Crippen molar-refractivity contribution in [1.82, 2.24) is 0 Å². The van der Waals surface area contributed by atoms with Crippen LogP contribution in [0.25, 0.3) is 22.3 Å². The fourth-order valence-corrected chi connectivity index (χ4v) is 4.82. The van der Waals surface area contributed by atoms with E-state index in [0.29, 0.717) is 11.5 Å². The minimum Gasteiger partial charge on any atom is -0.423 e. The smallest absolute Gasteiger partial charge is 0.341 e. The van der Waals surface area contributed by atoms with Crippen molar-refractivity contribution in [1.29, 1.82) is 0 Å². The van der Waals surface area contributed by atoms with E-state index in [2.05, 4.69) is 50.1 Å². The molecule has 0 spiro atoms. The minimum absolute atomic E-state index is 0.000191. The summed E-state index contributed by atoms with van der Waals surface area (Å²) < 4.78 is 10.5. The van der Waals surface area contributed by atoms with Crippen molar-refractivity contribution in [2.45, 2.75) is 45.4 Å². The normalized spacial score (nSPS) is 10.4. The standard InChI is InChI=1S/C41H40O6/c1-4-5-6-7-8-9-36-26-37(35-20-24-39(25-21-35)47-41(45)30(3)28-43)17-16-34(36)15-12-31-10-13-32(14-11-31)33-18-22-38(23-19-33)46-40(44)29(2)27-42/h10-11,13-14,16-26,42-43H,2-9,27-28H2,1H3. The predicted molar refractivity (Wildman–Crippen MR) is 186 cm³/mol. The zero-order chi connectivity index (χ0) is 33.6. The van der Waals surface area contributed by atoms with Gasteiger partial charge in [-0.05, 0) is 89.2 Å². The van der Waals surface area contributed by atoms with E-state index in [1.54, 1.807) is 24.3 Å². The van der Waals surface area contributed by atoms with Crippen LogP contribution in [0, 0.1) is 11.8 Å². The maximum absolute atomic E-state index is 11.9. The van der Waals surface area contributed by atoms with Gasteiger partial charge in [0.2, 0.25) is 0 Å². The third kappa shape index (κ3) is 10.1. The first-order valence-corrected chi connectivity index (χ1v) is 15.8. The van der Waals surface area contributed by atoms with Gasteiger partial charge >= 0.3 is 11.9 Å². The first kappa shape index (κ1) is 34.6. The summed E-state index contributed by atoms with van der Waals surface area (Å²) in [6.45, 7) is 8.31. The Hall–Kier alpha value is -5.22. The summed E-state index contributed by atoms with van der Waals surface area (Å²) in [5.74, 6) is 6.19. The Balaban J connectivity index is 1.49. The van der Waals surface area contributed by atoms with Crippen LogP contribution in [0.1, 0.15) is 55.7 Å². The van der Waals surface area contributed by atoms with Crippen LogP contribution >= 0.6 is 0 Å². The summed E-state index contributed by atoms with van der Waals surface area (Å²) in [5.41, 5.74) is 7.11. The van der Waals surface area contributed by atoms with Crippen molar-refractivity contribution >= 4 is 11.9 Å². The molecule has 0 aliphatic rings. The third-order valence-corrected chi connectivity index (χ3v) is 7.64. The number of aryl methyl sites for hydroxylation is 1. The van der Waals surface area contributed by atoms with E-state index in [0.717, 1.165) is 46.2 Å². The first-order valence-electron chi connectivity index (χ1n) is 15.8. The van der Waals surface area contributed by atoms with Crippen LogP contribution in [0.4, 0.5) is 0 Å². The number of aliphatic hydroxyl groups is 2. The van der Waals surface area contributed by atoms with Crippen LogP contribution in [0.2, 0.25) is 0 Å². The van der Waals surface area contributed by atoms with Gasteiger partial charge in [0.15, 0.2) is 0 Å². The molecule has 4 aromatic carbocycles. The van der Waals surface area contributed by atoms with Gasteiger partial charge in [0, 0.05) is 11.1 Å². The van der Waals surface area contributed by atoms with Gasteiger partial charge in [0.05, 0.1) is 24.4 Å². The van der Waals surface area contributed by atoms with Gasteiger partial charge in [-0.3, -0.25) is 0 Å². The fourth-order valence-electron chi connectivity index (χ4n) is 4.82. The van der Waals surface area contributed by atoms with E-state index >= 15 is 0 Å². The molecule has 0 aromatic heterocycles. The molecule has 0 fully saturated rings. The molecule has 0 radical (unpaired) electrons. The van der Waals surface area contributed by atoms with E-state index in [1.165, 1.54) is 31.2 Å². The molecule has 0 bridgehead atoms. The molecule has 0 saturated carbocycles. The van der Waals surface area contributed by atoms with E-state index in [-0.39, 0.29) is 11.1 Å². The predicted octanol–water partition coefficient (Wildman–Crippen LogP) is 7.84. The number of carbonyl (C=O) groups is 2. The SMILES string of the molecule is C=C(CO)C(=O)Oc1ccc(-c2ccc(C#Cc3ccc(-c4ccc(OC(=O)C(=C)CO)cc4)cc3CCCCCCC)cc2)cc1. The number of unbranched alkanes of at least 4 members (excludes halogenated alkanes) is 4. The average molecular weight is 629 g/mol. The van der Waals surface area contributed by atoms with Crippen LogP contribution in [0.3, 0.4) is 0 Å². The molecule has 6 heteroatoms. The summed E-state index contributed by atoms with van der Waals surface area (Å²) in [4.78, 5) is 23.8.